The third kappa shape index (κ3) is 5.02. The number of nitrogens with two attached hydrogens (primary N) is 1. The van der Waals surface area contributed by atoms with Crippen LogP contribution in [0, 0.1) is 5.41 Å². The van der Waals surface area contributed by atoms with Crippen molar-refractivity contribution < 1.29 is 9.53 Å². The summed E-state index contributed by atoms with van der Waals surface area (Å²) in [5.74, 6) is 0.837. The summed E-state index contributed by atoms with van der Waals surface area (Å²) in [7, 11) is 0. The highest BCUT2D eigenvalue weighted by Crippen LogP contribution is 2.24. The summed E-state index contributed by atoms with van der Waals surface area (Å²) in [6, 6.07) is 9.56. The Morgan fingerprint density at radius 1 is 1.25 bits per heavy atom. The third-order valence-corrected chi connectivity index (χ3v) is 3.63. The molecule has 0 unspecified atom stereocenters. The quantitative estimate of drug-likeness (QED) is 0.725. The van der Waals surface area contributed by atoms with Crippen LogP contribution >= 0.6 is 12.4 Å². The summed E-state index contributed by atoms with van der Waals surface area (Å²) in [5, 5.41) is 2.90. The van der Waals surface area contributed by atoms with Crippen molar-refractivity contribution in [2.45, 2.75) is 26.7 Å². The summed E-state index contributed by atoms with van der Waals surface area (Å²) in [5.41, 5.74) is 5.30. The number of carbonyl (C=O) groups excluding carboxylic acids is 1. The number of carbonyl (C=O) groups is 1. The van der Waals surface area contributed by atoms with E-state index in [2.05, 4.69) is 5.32 Å². The smallest absolute Gasteiger partial charge is 0.227 e. The fraction of sp³-hybridized carbons (Fsp3) is 0.533. The predicted octanol–water partition coefficient (Wildman–Crippen LogP) is 2.37. The third-order valence-electron chi connectivity index (χ3n) is 3.63. The average Bonchev–Trinajstić information content (AvgIpc) is 2.47. The van der Waals surface area contributed by atoms with E-state index in [9.17, 15) is 4.79 Å². The lowest BCUT2D eigenvalue weighted by Crippen LogP contribution is -2.46. The Balaban J connectivity index is 0.00000361. The maximum absolute atomic E-state index is 12.1. The molecule has 0 saturated heterocycles. The van der Waals surface area contributed by atoms with Crippen molar-refractivity contribution in [2.24, 2.45) is 11.1 Å². The summed E-state index contributed by atoms with van der Waals surface area (Å²) in [6.07, 6.45) is 1.51. The predicted molar refractivity (Wildman–Crippen MR) is 84.3 cm³/mol. The Morgan fingerprint density at radius 3 is 2.35 bits per heavy atom. The van der Waals surface area contributed by atoms with Gasteiger partial charge in [-0.15, -0.1) is 12.4 Å². The van der Waals surface area contributed by atoms with E-state index in [1.165, 1.54) is 0 Å². The topological polar surface area (TPSA) is 64.4 Å². The van der Waals surface area contributed by atoms with Crippen LogP contribution < -0.4 is 15.8 Å². The van der Waals surface area contributed by atoms with E-state index < -0.39 is 5.41 Å². The second-order valence-corrected chi connectivity index (χ2v) is 4.61. The number of amides is 1. The van der Waals surface area contributed by atoms with Gasteiger partial charge in [0.25, 0.3) is 0 Å². The zero-order valence-electron chi connectivity index (χ0n) is 12.2. The van der Waals surface area contributed by atoms with Crippen LogP contribution in [0.2, 0.25) is 0 Å². The first-order valence-electron chi connectivity index (χ1n) is 6.84. The molecule has 0 aromatic heterocycles. The molecule has 3 N–H and O–H groups in total. The second-order valence-electron chi connectivity index (χ2n) is 4.61. The molecule has 1 aromatic rings. The van der Waals surface area contributed by atoms with Crippen LogP contribution in [0.4, 0.5) is 0 Å². The highest BCUT2D eigenvalue weighted by atomic mass is 35.5. The number of hydrogen-bond donors (Lipinski definition) is 2. The summed E-state index contributed by atoms with van der Waals surface area (Å²) in [4.78, 5) is 12.1. The van der Waals surface area contributed by atoms with E-state index in [0.717, 1.165) is 18.6 Å². The molecule has 0 bridgehead atoms. The molecule has 20 heavy (non-hydrogen) atoms. The molecule has 0 saturated carbocycles. The zero-order chi connectivity index (χ0) is 14.1. The summed E-state index contributed by atoms with van der Waals surface area (Å²) >= 11 is 0. The van der Waals surface area contributed by atoms with Gasteiger partial charge in [0.1, 0.15) is 12.4 Å². The minimum absolute atomic E-state index is 0. The van der Waals surface area contributed by atoms with E-state index in [0.29, 0.717) is 19.7 Å². The molecule has 0 heterocycles. The van der Waals surface area contributed by atoms with Crippen molar-refractivity contribution in [2.75, 3.05) is 19.7 Å². The monoisotopic (exact) mass is 300 g/mol. The van der Waals surface area contributed by atoms with Crippen LogP contribution in [0.15, 0.2) is 30.3 Å². The van der Waals surface area contributed by atoms with Gasteiger partial charge in [-0.1, -0.05) is 32.0 Å². The van der Waals surface area contributed by atoms with Crippen molar-refractivity contribution in [3.05, 3.63) is 30.3 Å². The summed E-state index contributed by atoms with van der Waals surface area (Å²) < 4.78 is 5.52. The molecule has 0 spiro atoms. The van der Waals surface area contributed by atoms with Crippen LogP contribution in [0.25, 0.3) is 0 Å². The lowest BCUT2D eigenvalue weighted by atomic mass is 9.81. The van der Waals surface area contributed by atoms with Crippen molar-refractivity contribution in [1.82, 2.24) is 5.32 Å². The number of halogens is 1. The van der Waals surface area contributed by atoms with Crippen LogP contribution in [-0.2, 0) is 4.79 Å². The second kappa shape index (κ2) is 9.61. The molecule has 1 amide bonds. The number of hydrogen-bond acceptors (Lipinski definition) is 3. The van der Waals surface area contributed by atoms with E-state index in [1.807, 2.05) is 44.2 Å². The van der Waals surface area contributed by atoms with Gasteiger partial charge in [-0.05, 0) is 25.0 Å². The van der Waals surface area contributed by atoms with Gasteiger partial charge in [-0.25, -0.2) is 0 Å². The minimum Gasteiger partial charge on any atom is -0.492 e. The number of ether oxygens (including phenoxy) is 1. The lowest BCUT2D eigenvalue weighted by Gasteiger charge is -2.28. The highest BCUT2D eigenvalue weighted by molar-refractivity contribution is 5.85. The Kier molecular flexibility index (Phi) is 9.01. The molecule has 5 heteroatoms. The van der Waals surface area contributed by atoms with Gasteiger partial charge in [-0.2, -0.15) is 0 Å². The summed E-state index contributed by atoms with van der Waals surface area (Å²) in [6.45, 7) is 5.33. The number of nitrogens with one attached hydrogen (secondary N) is 1. The molecule has 1 rings (SSSR count). The van der Waals surface area contributed by atoms with Gasteiger partial charge < -0.3 is 15.8 Å². The maximum Gasteiger partial charge on any atom is 0.227 e. The fourth-order valence-corrected chi connectivity index (χ4v) is 1.99. The van der Waals surface area contributed by atoms with Crippen molar-refractivity contribution >= 4 is 18.3 Å². The molecule has 0 aliphatic heterocycles. The number of para-hydroxylation sites is 1. The number of benzene rings is 1. The standard InChI is InChI=1S/C15H24N2O2.ClH/c1-3-15(4-2,12-16)14(18)17-10-11-19-13-8-6-5-7-9-13;/h5-9H,3-4,10-12,16H2,1-2H3,(H,17,18);1H. The average molecular weight is 301 g/mol. The molecule has 114 valence electrons. The van der Waals surface area contributed by atoms with Crippen LogP contribution in [0.5, 0.6) is 5.75 Å². The van der Waals surface area contributed by atoms with Crippen LogP contribution in [-0.4, -0.2) is 25.6 Å². The Hall–Kier alpha value is -1.26. The molecule has 0 fully saturated rings. The van der Waals surface area contributed by atoms with Gasteiger partial charge >= 0.3 is 0 Å². The van der Waals surface area contributed by atoms with Gasteiger partial charge in [0.2, 0.25) is 5.91 Å². The molecule has 0 atom stereocenters. The van der Waals surface area contributed by atoms with E-state index >= 15 is 0 Å². The Bertz CT molecular complexity index is 372. The first-order chi connectivity index (χ1) is 9.18. The molecular weight excluding hydrogens is 276 g/mol. The fourth-order valence-electron chi connectivity index (χ4n) is 1.99. The molecule has 0 aliphatic rings. The Morgan fingerprint density at radius 2 is 1.85 bits per heavy atom. The molecule has 4 nitrogen and oxygen atoms in total. The van der Waals surface area contributed by atoms with Crippen molar-refractivity contribution in [3.8, 4) is 5.75 Å². The van der Waals surface area contributed by atoms with Gasteiger partial charge in [0.05, 0.1) is 12.0 Å². The molecular formula is C15H25ClN2O2. The number of rotatable bonds is 8. The first-order valence-corrected chi connectivity index (χ1v) is 6.84. The van der Waals surface area contributed by atoms with Crippen LogP contribution in [0.3, 0.4) is 0 Å². The molecule has 0 aliphatic carbocycles. The lowest BCUT2D eigenvalue weighted by molar-refractivity contribution is -0.131. The van der Waals surface area contributed by atoms with E-state index in [4.69, 9.17) is 10.5 Å². The largest absolute Gasteiger partial charge is 0.492 e. The zero-order valence-corrected chi connectivity index (χ0v) is 13.0. The maximum atomic E-state index is 12.1. The SMILES string of the molecule is CCC(CC)(CN)C(=O)NCCOc1ccccc1.Cl. The normalized spacial score (nSPS) is 10.6. The van der Waals surface area contributed by atoms with Crippen molar-refractivity contribution in [1.29, 1.82) is 0 Å². The van der Waals surface area contributed by atoms with Gasteiger partial charge in [-0.3, -0.25) is 4.79 Å². The highest BCUT2D eigenvalue weighted by Gasteiger charge is 2.32. The van der Waals surface area contributed by atoms with E-state index in [-0.39, 0.29) is 18.3 Å². The van der Waals surface area contributed by atoms with Crippen molar-refractivity contribution in [3.63, 3.8) is 0 Å². The van der Waals surface area contributed by atoms with Crippen LogP contribution in [0.1, 0.15) is 26.7 Å². The minimum atomic E-state index is -0.438. The molecule has 1 aromatic carbocycles. The van der Waals surface area contributed by atoms with Gasteiger partial charge in [0, 0.05) is 6.54 Å². The van der Waals surface area contributed by atoms with Gasteiger partial charge in [0.15, 0.2) is 0 Å². The van der Waals surface area contributed by atoms with E-state index in [1.54, 1.807) is 0 Å². The first kappa shape index (κ1) is 18.7. The Labute approximate surface area is 127 Å². The molecule has 0 radical (unpaired) electrons.